The van der Waals surface area contributed by atoms with Crippen molar-refractivity contribution < 1.29 is 18.9 Å². The fourth-order valence-electron chi connectivity index (χ4n) is 4.64. The lowest BCUT2D eigenvalue weighted by Crippen LogP contribution is -2.45. The minimum Gasteiger partial charge on any atom is -0.497 e. The summed E-state index contributed by atoms with van der Waals surface area (Å²) in [6, 6.07) is 17.8. The first kappa shape index (κ1) is 22.7. The number of fused-ring (bicyclic) bond motifs is 1. The zero-order valence-corrected chi connectivity index (χ0v) is 20.0. The SMILES string of the molecule is COc1ccc(C2CC(Oc3ccccn3)CN(c3ncnc4cc(OC)c(OC)cc34)C2)cc1. The number of piperidine rings is 1. The third-order valence-electron chi connectivity index (χ3n) is 6.34. The Balaban J connectivity index is 1.52. The summed E-state index contributed by atoms with van der Waals surface area (Å²) in [5.41, 5.74) is 2.02. The number of pyridine rings is 1. The van der Waals surface area contributed by atoms with Crippen molar-refractivity contribution in [3.05, 3.63) is 72.7 Å². The molecule has 2 unspecified atom stereocenters. The summed E-state index contributed by atoms with van der Waals surface area (Å²) in [5, 5.41) is 0.900. The molecule has 4 aromatic rings. The summed E-state index contributed by atoms with van der Waals surface area (Å²) in [6.07, 6.45) is 4.12. The predicted octanol–water partition coefficient (Wildman–Crippen LogP) is 4.49. The van der Waals surface area contributed by atoms with Gasteiger partial charge in [-0.15, -0.1) is 0 Å². The van der Waals surface area contributed by atoms with Crippen molar-refractivity contribution in [2.24, 2.45) is 0 Å². The summed E-state index contributed by atoms with van der Waals surface area (Å²) in [5.74, 6) is 3.80. The van der Waals surface area contributed by atoms with E-state index in [9.17, 15) is 0 Å². The number of hydrogen-bond donors (Lipinski definition) is 0. The predicted molar refractivity (Wildman–Crippen MR) is 134 cm³/mol. The van der Waals surface area contributed by atoms with Crippen LogP contribution in [0.25, 0.3) is 10.9 Å². The van der Waals surface area contributed by atoms with Crippen LogP contribution in [0.5, 0.6) is 23.1 Å². The van der Waals surface area contributed by atoms with Gasteiger partial charge in [0, 0.05) is 36.2 Å². The Morgan fingerprint density at radius 2 is 1.63 bits per heavy atom. The maximum atomic E-state index is 6.33. The number of aromatic nitrogens is 3. The fourth-order valence-corrected chi connectivity index (χ4v) is 4.64. The Bertz CT molecular complexity index is 1280. The third-order valence-corrected chi connectivity index (χ3v) is 6.34. The first-order valence-electron chi connectivity index (χ1n) is 11.5. The van der Waals surface area contributed by atoms with Gasteiger partial charge in [-0.25, -0.2) is 15.0 Å². The van der Waals surface area contributed by atoms with E-state index < -0.39 is 0 Å². The average molecular weight is 473 g/mol. The van der Waals surface area contributed by atoms with Gasteiger partial charge in [0.1, 0.15) is 24.0 Å². The van der Waals surface area contributed by atoms with Crippen LogP contribution in [0.15, 0.2) is 67.1 Å². The molecule has 0 aliphatic carbocycles. The van der Waals surface area contributed by atoms with Crippen LogP contribution in [0.3, 0.4) is 0 Å². The standard InChI is InChI=1S/C27H28N4O4/c1-32-20-9-7-18(8-10-20)19-12-21(35-26-6-4-5-11-28-26)16-31(15-19)27-22-13-24(33-2)25(34-3)14-23(22)29-17-30-27/h4-11,13-14,17,19,21H,12,15-16H2,1-3H3. The van der Waals surface area contributed by atoms with Gasteiger partial charge < -0.3 is 23.8 Å². The number of methoxy groups -OCH3 is 3. The zero-order chi connectivity index (χ0) is 24.2. The number of anilines is 1. The number of nitrogens with zero attached hydrogens (tertiary/aromatic N) is 4. The molecule has 2 atom stereocenters. The van der Waals surface area contributed by atoms with Crippen molar-refractivity contribution in [1.82, 2.24) is 15.0 Å². The summed E-state index contributed by atoms with van der Waals surface area (Å²) >= 11 is 0. The van der Waals surface area contributed by atoms with Gasteiger partial charge in [-0.05, 0) is 36.2 Å². The van der Waals surface area contributed by atoms with Crippen LogP contribution < -0.4 is 23.8 Å². The molecule has 1 fully saturated rings. The van der Waals surface area contributed by atoms with Crippen molar-refractivity contribution in [1.29, 1.82) is 0 Å². The highest BCUT2D eigenvalue weighted by Crippen LogP contribution is 2.37. The number of benzene rings is 2. The lowest BCUT2D eigenvalue weighted by molar-refractivity contribution is 0.162. The molecule has 1 aliphatic rings. The second kappa shape index (κ2) is 10.0. The van der Waals surface area contributed by atoms with E-state index in [1.54, 1.807) is 33.9 Å². The Labute approximate surface area is 204 Å². The van der Waals surface area contributed by atoms with E-state index in [1.165, 1.54) is 5.56 Å². The average Bonchev–Trinajstić information content (AvgIpc) is 2.92. The molecule has 2 aromatic heterocycles. The van der Waals surface area contributed by atoms with Crippen molar-refractivity contribution >= 4 is 16.7 Å². The second-order valence-corrected chi connectivity index (χ2v) is 8.44. The minimum absolute atomic E-state index is 0.0732. The monoisotopic (exact) mass is 472 g/mol. The van der Waals surface area contributed by atoms with Crippen LogP contribution in [0.2, 0.25) is 0 Å². The van der Waals surface area contributed by atoms with Crippen LogP contribution in [0, 0.1) is 0 Å². The summed E-state index contributed by atoms with van der Waals surface area (Å²) in [7, 11) is 4.93. The molecule has 0 bridgehead atoms. The van der Waals surface area contributed by atoms with Crippen LogP contribution in [0.4, 0.5) is 5.82 Å². The highest BCUT2D eigenvalue weighted by Gasteiger charge is 2.31. The molecular formula is C27H28N4O4. The van der Waals surface area contributed by atoms with E-state index in [0.29, 0.717) is 23.9 Å². The van der Waals surface area contributed by atoms with E-state index in [1.807, 2.05) is 42.5 Å². The van der Waals surface area contributed by atoms with E-state index >= 15 is 0 Å². The molecule has 1 aliphatic heterocycles. The van der Waals surface area contributed by atoms with Gasteiger partial charge in [-0.1, -0.05) is 18.2 Å². The normalized spacial score (nSPS) is 17.7. The van der Waals surface area contributed by atoms with E-state index in [2.05, 4.69) is 32.0 Å². The van der Waals surface area contributed by atoms with Crippen LogP contribution in [0.1, 0.15) is 17.9 Å². The first-order valence-corrected chi connectivity index (χ1v) is 11.5. The molecule has 0 N–H and O–H groups in total. The van der Waals surface area contributed by atoms with Crippen LogP contribution in [-0.2, 0) is 0 Å². The van der Waals surface area contributed by atoms with E-state index in [0.717, 1.165) is 35.4 Å². The molecule has 0 amide bonds. The van der Waals surface area contributed by atoms with Gasteiger partial charge in [0.25, 0.3) is 0 Å². The molecule has 1 saturated heterocycles. The highest BCUT2D eigenvalue weighted by atomic mass is 16.5. The molecular weight excluding hydrogens is 444 g/mol. The molecule has 0 radical (unpaired) electrons. The van der Waals surface area contributed by atoms with E-state index in [4.69, 9.17) is 18.9 Å². The quantitative estimate of drug-likeness (QED) is 0.389. The van der Waals surface area contributed by atoms with Crippen molar-refractivity contribution in [2.75, 3.05) is 39.3 Å². The Hall–Kier alpha value is -4.07. The Kier molecular flexibility index (Phi) is 6.52. The van der Waals surface area contributed by atoms with Gasteiger partial charge in [-0.3, -0.25) is 0 Å². The number of ether oxygens (including phenoxy) is 4. The fraction of sp³-hybridized carbons (Fsp3) is 0.296. The van der Waals surface area contributed by atoms with Crippen molar-refractivity contribution in [3.63, 3.8) is 0 Å². The number of rotatable bonds is 7. The van der Waals surface area contributed by atoms with Gasteiger partial charge in [-0.2, -0.15) is 0 Å². The van der Waals surface area contributed by atoms with Gasteiger partial charge in [0.15, 0.2) is 11.5 Å². The lowest BCUT2D eigenvalue weighted by atomic mass is 9.89. The smallest absolute Gasteiger partial charge is 0.213 e. The molecule has 0 spiro atoms. The van der Waals surface area contributed by atoms with Gasteiger partial charge >= 0.3 is 0 Å². The highest BCUT2D eigenvalue weighted by molar-refractivity contribution is 5.92. The molecule has 35 heavy (non-hydrogen) atoms. The maximum Gasteiger partial charge on any atom is 0.213 e. The van der Waals surface area contributed by atoms with Crippen molar-refractivity contribution in [2.45, 2.75) is 18.4 Å². The molecule has 8 heteroatoms. The first-order chi connectivity index (χ1) is 17.2. The minimum atomic E-state index is -0.0732. The molecule has 8 nitrogen and oxygen atoms in total. The molecule has 3 heterocycles. The van der Waals surface area contributed by atoms with Gasteiger partial charge in [0.2, 0.25) is 5.88 Å². The molecule has 0 saturated carbocycles. The van der Waals surface area contributed by atoms with Crippen molar-refractivity contribution in [3.8, 4) is 23.1 Å². The Morgan fingerprint density at radius 1 is 0.829 bits per heavy atom. The zero-order valence-electron chi connectivity index (χ0n) is 20.0. The molecule has 180 valence electrons. The summed E-state index contributed by atoms with van der Waals surface area (Å²) < 4.78 is 22.7. The number of hydrogen-bond acceptors (Lipinski definition) is 8. The van der Waals surface area contributed by atoms with E-state index in [-0.39, 0.29) is 12.0 Å². The Morgan fingerprint density at radius 3 is 2.34 bits per heavy atom. The largest absolute Gasteiger partial charge is 0.497 e. The lowest BCUT2D eigenvalue weighted by Gasteiger charge is -2.38. The molecule has 2 aromatic carbocycles. The van der Waals surface area contributed by atoms with Gasteiger partial charge in [0.05, 0.1) is 33.4 Å². The maximum absolute atomic E-state index is 6.33. The van der Waals surface area contributed by atoms with Crippen LogP contribution in [-0.4, -0.2) is 55.5 Å². The van der Waals surface area contributed by atoms with Crippen LogP contribution >= 0.6 is 0 Å². The second-order valence-electron chi connectivity index (χ2n) is 8.44. The third kappa shape index (κ3) is 4.77. The summed E-state index contributed by atoms with van der Waals surface area (Å²) in [6.45, 7) is 1.46. The molecule has 5 rings (SSSR count). The topological polar surface area (TPSA) is 78.8 Å². The summed E-state index contributed by atoms with van der Waals surface area (Å²) in [4.78, 5) is 15.8.